The van der Waals surface area contributed by atoms with Gasteiger partial charge in [0.25, 0.3) is 11.8 Å². The first-order chi connectivity index (χ1) is 13.2. The van der Waals surface area contributed by atoms with Crippen molar-refractivity contribution in [3.05, 3.63) is 71.6 Å². The lowest BCUT2D eigenvalue weighted by Crippen LogP contribution is -2.14. The van der Waals surface area contributed by atoms with Crippen LogP contribution >= 0.6 is 0 Å². The Hall–Kier alpha value is -3.48. The van der Waals surface area contributed by atoms with E-state index in [0.29, 0.717) is 17.0 Å². The Morgan fingerprint density at radius 2 is 2.04 bits per heavy atom. The van der Waals surface area contributed by atoms with E-state index in [1.54, 1.807) is 31.2 Å². The smallest absolute Gasteiger partial charge is 0.277 e. The average Bonchev–Trinajstić information content (AvgIpc) is 3.03. The Labute approximate surface area is 160 Å². The van der Waals surface area contributed by atoms with E-state index < -0.39 is 11.8 Å². The van der Waals surface area contributed by atoms with Crippen LogP contribution < -0.4 is 11.1 Å². The summed E-state index contributed by atoms with van der Waals surface area (Å²) < 4.78 is 32.6. The van der Waals surface area contributed by atoms with E-state index in [-0.39, 0.29) is 22.8 Å². The van der Waals surface area contributed by atoms with Crippen molar-refractivity contribution in [2.24, 2.45) is 0 Å². The highest BCUT2D eigenvalue weighted by molar-refractivity contribution is 6.03. The molecule has 5 nitrogen and oxygen atoms in total. The number of carbonyl (C=O) groups excluding carboxylic acids is 1. The molecule has 0 saturated heterocycles. The van der Waals surface area contributed by atoms with Crippen molar-refractivity contribution in [1.29, 1.82) is 0 Å². The number of anilines is 2. The minimum Gasteiger partial charge on any atom is -0.441 e. The van der Waals surface area contributed by atoms with Gasteiger partial charge in [0.2, 0.25) is 5.89 Å². The first-order valence-electron chi connectivity index (χ1n) is 8.48. The molecule has 0 radical (unpaired) electrons. The number of nitrogens with two attached hydrogens (primary N) is 1. The van der Waals surface area contributed by atoms with Crippen LogP contribution in [-0.4, -0.2) is 10.9 Å². The molecular weight excluding hydrogens is 364 g/mol. The van der Waals surface area contributed by atoms with E-state index in [2.05, 4.69) is 16.9 Å². The molecule has 1 amide bonds. The van der Waals surface area contributed by atoms with Gasteiger partial charge in [0.1, 0.15) is 5.76 Å². The maximum absolute atomic E-state index is 13.5. The Bertz CT molecular complexity index is 1050. The molecule has 0 fully saturated rings. The van der Waals surface area contributed by atoms with Gasteiger partial charge < -0.3 is 15.5 Å². The molecule has 3 rings (SSSR count). The van der Waals surface area contributed by atoms with Gasteiger partial charge in [-0.3, -0.25) is 4.79 Å². The average molecular weight is 383 g/mol. The van der Waals surface area contributed by atoms with Crippen LogP contribution in [0, 0.1) is 6.92 Å². The quantitative estimate of drug-likeness (QED) is 0.591. The lowest BCUT2D eigenvalue weighted by atomic mass is 10.1. The molecule has 0 atom stereocenters. The SMILES string of the molecule is C=Cc1ccc(-c2nc(C(=O)Nc3cccc(C(C)(F)F)c3)c(C)o2)cc1N. The lowest BCUT2D eigenvalue weighted by molar-refractivity contribution is 0.0175. The summed E-state index contributed by atoms with van der Waals surface area (Å²) in [5.41, 5.74) is 7.95. The number of nitrogens with one attached hydrogen (secondary N) is 1. The topological polar surface area (TPSA) is 81.2 Å². The Morgan fingerprint density at radius 1 is 1.29 bits per heavy atom. The molecule has 3 aromatic rings. The zero-order valence-electron chi connectivity index (χ0n) is 15.4. The third-order valence-corrected chi connectivity index (χ3v) is 4.19. The summed E-state index contributed by atoms with van der Waals surface area (Å²) in [7, 11) is 0. The molecule has 1 heterocycles. The van der Waals surface area contributed by atoms with Crippen molar-refractivity contribution in [3.63, 3.8) is 0 Å². The maximum Gasteiger partial charge on any atom is 0.277 e. The van der Waals surface area contributed by atoms with Crippen molar-refractivity contribution in [1.82, 2.24) is 4.98 Å². The molecule has 0 unspecified atom stereocenters. The standard InChI is InChI=1S/C21H19F2N3O2/c1-4-13-8-9-14(10-17(13)24)20-26-18(12(2)28-20)19(27)25-16-7-5-6-15(11-16)21(3,22)23/h4-11H,1,24H2,2-3H3,(H,25,27). The molecule has 2 aromatic carbocycles. The third kappa shape index (κ3) is 3.93. The number of oxazole rings is 1. The van der Waals surface area contributed by atoms with E-state index in [9.17, 15) is 13.6 Å². The van der Waals surface area contributed by atoms with Crippen molar-refractivity contribution >= 4 is 23.4 Å². The van der Waals surface area contributed by atoms with Crippen LogP contribution in [0.3, 0.4) is 0 Å². The van der Waals surface area contributed by atoms with E-state index in [4.69, 9.17) is 10.2 Å². The zero-order valence-corrected chi connectivity index (χ0v) is 15.4. The summed E-state index contributed by atoms with van der Waals surface area (Å²) >= 11 is 0. The molecule has 0 aliphatic rings. The number of rotatable bonds is 5. The molecule has 7 heteroatoms. The zero-order chi connectivity index (χ0) is 20.5. The van der Waals surface area contributed by atoms with Gasteiger partial charge in [-0.25, -0.2) is 13.8 Å². The number of aromatic nitrogens is 1. The van der Waals surface area contributed by atoms with Crippen LogP contribution in [-0.2, 0) is 5.92 Å². The Morgan fingerprint density at radius 3 is 2.68 bits per heavy atom. The highest BCUT2D eigenvalue weighted by atomic mass is 19.3. The van der Waals surface area contributed by atoms with E-state index >= 15 is 0 Å². The molecule has 144 valence electrons. The summed E-state index contributed by atoms with van der Waals surface area (Å²) in [6, 6.07) is 10.7. The van der Waals surface area contributed by atoms with Gasteiger partial charge in [0.15, 0.2) is 5.69 Å². The third-order valence-electron chi connectivity index (χ3n) is 4.19. The number of alkyl halides is 2. The molecule has 0 saturated carbocycles. The fraction of sp³-hybridized carbons (Fsp3) is 0.143. The van der Waals surface area contributed by atoms with Crippen molar-refractivity contribution in [2.75, 3.05) is 11.1 Å². The van der Waals surface area contributed by atoms with Crippen LogP contribution in [0.5, 0.6) is 0 Å². The van der Waals surface area contributed by atoms with Crippen LogP contribution in [0.25, 0.3) is 17.5 Å². The fourth-order valence-electron chi connectivity index (χ4n) is 2.68. The van der Waals surface area contributed by atoms with E-state index in [1.807, 2.05) is 0 Å². The first kappa shape index (κ1) is 19.3. The summed E-state index contributed by atoms with van der Waals surface area (Å²) in [6.45, 7) is 6.08. The van der Waals surface area contributed by atoms with Crippen LogP contribution in [0.4, 0.5) is 20.2 Å². The van der Waals surface area contributed by atoms with Gasteiger partial charge in [-0.1, -0.05) is 30.9 Å². The van der Waals surface area contributed by atoms with E-state index in [1.165, 1.54) is 24.3 Å². The molecule has 0 aliphatic carbocycles. The molecule has 0 aliphatic heterocycles. The summed E-state index contributed by atoms with van der Waals surface area (Å²) in [5.74, 6) is -3.02. The van der Waals surface area contributed by atoms with E-state index in [0.717, 1.165) is 12.5 Å². The summed E-state index contributed by atoms with van der Waals surface area (Å²) in [5, 5.41) is 2.57. The second kappa shape index (κ2) is 7.26. The molecule has 3 N–H and O–H groups in total. The predicted octanol–water partition coefficient (Wildman–Crippen LogP) is 5.24. The maximum atomic E-state index is 13.5. The normalized spacial score (nSPS) is 11.3. The number of nitrogen functional groups attached to an aromatic ring is 1. The summed E-state index contributed by atoms with van der Waals surface area (Å²) in [6.07, 6.45) is 1.63. The summed E-state index contributed by atoms with van der Waals surface area (Å²) in [4.78, 5) is 16.8. The van der Waals surface area contributed by atoms with Crippen LogP contribution in [0.15, 0.2) is 53.5 Å². The lowest BCUT2D eigenvalue weighted by Gasteiger charge is -2.12. The molecule has 0 spiro atoms. The predicted molar refractivity (Wildman–Crippen MR) is 105 cm³/mol. The Kier molecular flexibility index (Phi) is 5.00. The molecule has 28 heavy (non-hydrogen) atoms. The van der Waals surface area contributed by atoms with Gasteiger partial charge >= 0.3 is 0 Å². The van der Waals surface area contributed by atoms with Gasteiger partial charge in [-0.05, 0) is 36.8 Å². The second-order valence-electron chi connectivity index (χ2n) is 6.39. The van der Waals surface area contributed by atoms with Gasteiger partial charge in [-0.2, -0.15) is 0 Å². The van der Waals surface area contributed by atoms with Crippen molar-refractivity contribution in [3.8, 4) is 11.5 Å². The molecule has 0 bridgehead atoms. The number of carbonyl (C=O) groups is 1. The highest BCUT2D eigenvalue weighted by Gasteiger charge is 2.25. The monoisotopic (exact) mass is 383 g/mol. The Balaban J connectivity index is 1.86. The van der Waals surface area contributed by atoms with Gasteiger partial charge in [-0.15, -0.1) is 0 Å². The number of benzene rings is 2. The minimum absolute atomic E-state index is 0.0648. The number of aryl methyl sites for hydroxylation is 1. The fourth-order valence-corrected chi connectivity index (χ4v) is 2.68. The highest BCUT2D eigenvalue weighted by Crippen LogP contribution is 2.29. The van der Waals surface area contributed by atoms with Crippen LogP contribution in [0.1, 0.15) is 34.3 Å². The minimum atomic E-state index is -3.00. The van der Waals surface area contributed by atoms with Gasteiger partial charge in [0, 0.05) is 29.4 Å². The molecular formula is C21H19F2N3O2. The second-order valence-corrected chi connectivity index (χ2v) is 6.39. The largest absolute Gasteiger partial charge is 0.441 e. The van der Waals surface area contributed by atoms with Crippen molar-refractivity contribution < 1.29 is 18.0 Å². The van der Waals surface area contributed by atoms with Crippen molar-refractivity contribution in [2.45, 2.75) is 19.8 Å². The first-order valence-corrected chi connectivity index (χ1v) is 8.48. The molecule has 1 aromatic heterocycles. The number of amides is 1. The number of halogens is 2. The number of hydrogen-bond donors (Lipinski definition) is 2. The number of nitrogens with zero attached hydrogens (tertiary/aromatic N) is 1. The van der Waals surface area contributed by atoms with Crippen LogP contribution in [0.2, 0.25) is 0 Å². The number of hydrogen-bond acceptors (Lipinski definition) is 4. The van der Waals surface area contributed by atoms with Gasteiger partial charge in [0.05, 0.1) is 0 Å².